The van der Waals surface area contributed by atoms with Crippen LogP contribution in [0, 0.1) is 0 Å². The topological polar surface area (TPSA) is 65.5 Å². The zero-order valence-electron chi connectivity index (χ0n) is 12.4. The van der Waals surface area contributed by atoms with Crippen LogP contribution in [0.4, 0.5) is 5.82 Å². The summed E-state index contributed by atoms with van der Waals surface area (Å²) in [6.45, 7) is 2.91. The molecular formula is C15H19N3O3. The lowest BCUT2D eigenvalue weighted by Crippen LogP contribution is -2.03. The van der Waals surface area contributed by atoms with Crippen LogP contribution in [0.3, 0.4) is 0 Å². The van der Waals surface area contributed by atoms with Crippen LogP contribution in [0.2, 0.25) is 0 Å². The zero-order valence-corrected chi connectivity index (χ0v) is 12.4. The first-order valence-electron chi connectivity index (χ1n) is 6.73. The van der Waals surface area contributed by atoms with Crippen LogP contribution in [0.1, 0.15) is 13.3 Å². The summed E-state index contributed by atoms with van der Waals surface area (Å²) in [4.78, 5) is 8.46. The summed E-state index contributed by atoms with van der Waals surface area (Å²) >= 11 is 0. The number of para-hydroxylation sites is 1. The predicted octanol–water partition coefficient (Wildman–Crippen LogP) is 3.11. The van der Waals surface area contributed by atoms with Crippen LogP contribution in [-0.4, -0.2) is 30.7 Å². The van der Waals surface area contributed by atoms with Crippen molar-refractivity contribution in [3.05, 3.63) is 30.6 Å². The van der Waals surface area contributed by atoms with E-state index in [9.17, 15) is 0 Å². The van der Waals surface area contributed by atoms with Crippen molar-refractivity contribution >= 4 is 5.82 Å². The van der Waals surface area contributed by atoms with Gasteiger partial charge in [0.2, 0.25) is 11.6 Å². The molecule has 1 N–H and O–H groups in total. The van der Waals surface area contributed by atoms with Crippen molar-refractivity contribution in [3.8, 4) is 23.1 Å². The standard InChI is InChI=1S/C15H19N3O3/c1-4-8-17-13-9-16-10-14(18-13)21-15-11(19-2)6-5-7-12(15)20-3/h5-7,9-10H,4,8H2,1-3H3,(H,17,18). The number of aromatic nitrogens is 2. The average molecular weight is 289 g/mol. The third-order valence-corrected chi connectivity index (χ3v) is 2.76. The van der Waals surface area contributed by atoms with Crippen molar-refractivity contribution in [2.24, 2.45) is 0 Å². The van der Waals surface area contributed by atoms with E-state index >= 15 is 0 Å². The van der Waals surface area contributed by atoms with Crippen LogP contribution in [0.25, 0.3) is 0 Å². The lowest BCUT2D eigenvalue weighted by Gasteiger charge is -2.13. The van der Waals surface area contributed by atoms with Crippen molar-refractivity contribution in [3.63, 3.8) is 0 Å². The second-order valence-corrected chi connectivity index (χ2v) is 4.26. The molecule has 6 nitrogen and oxygen atoms in total. The van der Waals surface area contributed by atoms with Gasteiger partial charge in [-0.3, -0.25) is 4.98 Å². The number of ether oxygens (including phenoxy) is 3. The van der Waals surface area contributed by atoms with Gasteiger partial charge in [0.15, 0.2) is 11.5 Å². The molecule has 0 fully saturated rings. The number of rotatable bonds is 7. The first-order valence-corrected chi connectivity index (χ1v) is 6.73. The van der Waals surface area contributed by atoms with E-state index in [-0.39, 0.29) is 0 Å². The first kappa shape index (κ1) is 14.9. The Morgan fingerprint density at radius 3 is 2.43 bits per heavy atom. The van der Waals surface area contributed by atoms with Crippen LogP contribution in [0.15, 0.2) is 30.6 Å². The van der Waals surface area contributed by atoms with Gasteiger partial charge in [0, 0.05) is 6.54 Å². The lowest BCUT2D eigenvalue weighted by molar-refractivity contribution is 0.341. The maximum atomic E-state index is 5.78. The van der Waals surface area contributed by atoms with Crippen LogP contribution >= 0.6 is 0 Å². The molecule has 1 aromatic heterocycles. The Hall–Kier alpha value is -2.50. The van der Waals surface area contributed by atoms with Crippen LogP contribution in [-0.2, 0) is 0 Å². The monoisotopic (exact) mass is 289 g/mol. The Kier molecular flexibility index (Phi) is 5.20. The molecule has 6 heteroatoms. The number of methoxy groups -OCH3 is 2. The SMILES string of the molecule is CCCNc1cncc(Oc2c(OC)cccc2OC)n1. The van der Waals surface area contributed by atoms with E-state index in [4.69, 9.17) is 14.2 Å². The molecular weight excluding hydrogens is 270 g/mol. The molecule has 0 unspecified atom stereocenters. The Bertz CT molecular complexity index is 568. The van der Waals surface area contributed by atoms with Gasteiger partial charge in [-0.2, -0.15) is 4.98 Å². The van der Waals surface area contributed by atoms with Gasteiger partial charge in [0.05, 0.1) is 26.6 Å². The van der Waals surface area contributed by atoms with E-state index in [0.717, 1.165) is 13.0 Å². The van der Waals surface area contributed by atoms with Crippen molar-refractivity contribution in [1.29, 1.82) is 0 Å². The minimum absolute atomic E-state index is 0.374. The molecule has 0 saturated heterocycles. The molecule has 0 atom stereocenters. The van der Waals surface area contributed by atoms with E-state index in [0.29, 0.717) is 28.9 Å². The van der Waals surface area contributed by atoms with E-state index in [1.165, 1.54) is 0 Å². The Labute approximate surface area is 124 Å². The summed E-state index contributed by atoms with van der Waals surface area (Å²) in [5.41, 5.74) is 0. The van der Waals surface area contributed by atoms with Gasteiger partial charge in [-0.1, -0.05) is 13.0 Å². The Balaban J connectivity index is 2.25. The maximum Gasteiger partial charge on any atom is 0.240 e. The molecule has 0 amide bonds. The highest BCUT2D eigenvalue weighted by atomic mass is 16.5. The molecule has 1 heterocycles. The normalized spacial score (nSPS) is 10.0. The van der Waals surface area contributed by atoms with E-state index in [1.54, 1.807) is 38.7 Å². The highest BCUT2D eigenvalue weighted by Crippen LogP contribution is 2.39. The number of nitrogens with one attached hydrogen (secondary N) is 1. The summed E-state index contributed by atoms with van der Waals surface area (Å²) < 4.78 is 16.4. The quantitative estimate of drug-likeness (QED) is 0.845. The molecule has 0 aliphatic heterocycles. The van der Waals surface area contributed by atoms with Crippen molar-refractivity contribution in [2.45, 2.75) is 13.3 Å². The second kappa shape index (κ2) is 7.33. The number of anilines is 1. The van der Waals surface area contributed by atoms with Gasteiger partial charge in [0.25, 0.3) is 0 Å². The minimum Gasteiger partial charge on any atom is -0.493 e. The van der Waals surface area contributed by atoms with E-state index in [1.807, 2.05) is 6.07 Å². The predicted molar refractivity (Wildman–Crippen MR) is 80.4 cm³/mol. The molecule has 0 aliphatic rings. The van der Waals surface area contributed by atoms with Gasteiger partial charge in [-0.15, -0.1) is 0 Å². The van der Waals surface area contributed by atoms with Crippen LogP contribution < -0.4 is 19.5 Å². The van der Waals surface area contributed by atoms with Crippen molar-refractivity contribution in [2.75, 3.05) is 26.1 Å². The molecule has 0 bridgehead atoms. The summed E-state index contributed by atoms with van der Waals surface area (Å²) in [5, 5.41) is 3.16. The maximum absolute atomic E-state index is 5.78. The number of hydrogen-bond donors (Lipinski definition) is 1. The average Bonchev–Trinajstić information content (AvgIpc) is 2.53. The number of benzene rings is 1. The van der Waals surface area contributed by atoms with Crippen molar-refractivity contribution < 1.29 is 14.2 Å². The molecule has 0 spiro atoms. The molecule has 21 heavy (non-hydrogen) atoms. The smallest absolute Gasteiger partial charge is 0.240 e. The largest absolute Gasteiger partial charge is 0.493 e. The number of hydrogen-bond acceptors (Lipinski definition) is 6. The molecule has 112 valence electrons. The minimum atomic E-state index is 0.374. The molecule has 0 radical (unpaired) electrons. The van der Waals surface area contributed by atoms with Gasteiger partial charge >= 0.3 is 0 Å². The fourth-order valence-corrected chi connectivity index (χ4v) is 1.76. The summed E-state index contributed by atoms with van der Waals surface area (Å²) in [6.07, 6.45) is 4.21. The lowest BCUT2D eigenvalue weighted by atomic mass is 10.3. The summed E-state index contributed by atoms with van der Waals surface area (Å²) in [6, 6.07) is 5.42. The highest BCUT2D eigenvalue weighted by Gasteiger charge is 2.13. The third kappa shape index (κ3) is 3.75. The molecule has 2 rings (SSSR count). The highest BCUT2D eigenvalue weighted by molar-refractivity contribution is 5.52. The first-order chi connectivity index (χ1) is 10.3. The van der Waals surface area contributed by atoms with E-state index < -0.39 is 0 Å². The molecule has 1 aromatic carbocycles. The molecule has 2 aromatic rings. The fraction of sp³-hybridized carbons (Fsp3) is 0.333. The third-order valence-electron chi connectivity index (χ3n) is 2.76. The summed E-state index contributed by atoms with van der Waals surface area (Å²) in [7, 11) is 3.15. The molecule has 0 saturated carbocycles. The molecule has 0 aliphatic carbocycles. The van der Waals surface area contributed by atoms with Gasteiger partial charge in [0.1, 0.15) is 5.82 Å². The van der Waals surface area contributed by atoms with Crippen molar-refractivity contribution in [1.82, 2.24) is 9.97 Å². The van der Waals surface area contributed by atoms with Gasteiger partial charge < -0.3 is 19.5 Å². The second-order valence-electron chi connectivity index (χ2n) is 4.26. The Morgan fingerprint density at radius 2 is 1.81 bits per heavy atom. The van der Waals surface area contributed by atoms with E-state index in [2.05, 4.69) is 22.2 Å². The zero-order chi connectivity index (χ0) is 15.1. The Morgan fingerprint density at radius 1 is 1.10 bits per heavy atom. The van der Waals surface area contributed by atoms with Crippen LogP contribution in [0.5, 0.6) is 23.1 Å². The fourth-order valence-electron chi connectivity index (χ4n) is 1.76. The van der Waals surface area contributed by atoms with Gasteiger partial charge in [-0.25, -0.2) is 0 Å². The van der Waals surface area contributed by atoms with Gasteiger partial charge in [-0.05, 0) is 18.6 Å². The summed E-state index contributed by atoms with van der Waals surface area (Å²) in [5.74, 6) is 2.66. The number of nitrogens with zero attached hydrogens (tertiary/aromatic N) is 2.